The smallest absolute Gasteiger partial charge is 0.252 e. The van der Waals surface area contributed by atoms with Gasteiger partial charge in [-0.3, -0.25) is 9.69 Å². The average molecular weight is 477 g/mol. The number of aromatic amines is 1. The Balaban J connectivity index is 1.40. The van der Waals surface area contributed by atoms with Crippen molar-refractivity contribution in [3.8, 4) is 0 Å². The van der Waals surface area contributed by atoms with Crippen molar-refractivity contribution >= 4 is 10.9 Å². The Hall–Kier alpha value is -3.43. The van der Waals surface area contributed by atoms with Crippen LogP contribution < -0.4 is 5.56 Å². The zero-order chi connectivity index (χ0) is 24.4. The van der Waals surface area contributed by atoms with Crippen LogP contribution in [0, 0.1) is 19.7 Å². The van der Waals surface area contributed by atoms with E-state index in [1.54, 1.807) is 16.8 Å². The van der Waals surface area contributed by atoms with Crippen molar-refractivity contribution in [1.29, 1.82) is 0 Å². The summed E-state index contributed by atoms with van der Waals surface area (Å²) in [6, 6.07) is 12.4. The number of H-pyrrole nitrogens is 1. The van der Waals surface area contributed by atoms with Gasteiger partial charge < -0.3 is 9.72 Å². The van der Waals surface area contributed by atoms with Crippen LogP contribution in [0.1, 0.15) is 40.9 Å². The first-order chi connectivity index (χ1) is 17.0. The summed E-state index contributed by atoms with van der Waals surface area (Å²) in [5.74, 6) is 0.399. The number of nitrogens with zero attached hydrogens (tertiary/aromatic N) is 5. The van der Waals surface area contributed by atoms with Crippen LogP contribution in [0.5, 0.6) is 0 Å². The molecule has 1 aliphatic rings. The number of aromatic nitrogens is 5. The minimum absolute atomic E-state index is 0.0885. The molecule has 3 heterocycles. The molecule has 0 amide bonds. The largest absolute Gasteiger partial charge is 0.377 e. The highest BCUT2D eigenvalue weighted by Gasteiger charge is 2.22. The molecule has 0 aliphatic carbocycles. The molecule has 1 aliphatic heterocycles. The molecule has 35 heavy (non-hydrogen) atoms. The van der Waals surface area contributed by atoms with Gasteiger partial charge in [0.05, 0.1) is 24.7 Å². The lowest BCUT2D eigenvalue weighted by Crippen LogP contribution is -2.34. The van der Waals surface area contributed by atoms with Crippen molar-refractivity contribution in [2.24, 2.45) is 0 Å². The van der Waals surface area contributed by atoms with Crippen LogP contribution >= 0.6 is 0 Å². The first kappa shape index (κ1) is 23.3. The molecule has 0 bridgehead atoms. The Labute approximate surface area is 202 Å². The van der Waals surface area contributed by atoms with Crippen LogP contribution in [0.15, 0.2) is 47.3 Å². The summed E-state index contributed by atoms with van der Waals surface area (Å²) in [6.45, 7) is 6.84. The van der Waals surface area contributed by atoms with Gasteiger partial charge >= 0.3 is 0 Å². The van der Waals surface area contributed by atoms with Crippen molar-refractivity contribution in [1.82, 2.24) is 30.1 Å². The number of hydrogen-bond donors (Lipinski definition) is 1. The van der Waals surface area contributed by atoms with Crippen LogP contribution in [0.25, 0.3) is 10.9 Å². The number of pyridine rings is 1. The average Bonchev–Trinajstić information content (AvgIpc) is 3.51. The van der Waals surface area contributed by atoms with Crippen LogP contribution in [-0.2, 0) is 24.4 Å². The maximum atomic E-state index is 13.3. The second kappa shape index (κ2) is 10.1. The van der Waals surface area contributed by atoms with E-state index in [4.69, 9.17) is 4.74 Å². The Bertz CT molecular complexity index is 1380. The van der Waals surface area contributed by atoms with E-state index in [2.05, 4.69) is 31.5 Å². The van der Waals surface area contributed by atoms with Crippen molar-refractivity contribution in [3.63, 3.8) is 0 Å². The Morgan fingerprint density at radius 1 is 1.17 bits per heavy atom. The van der Waals surface area contributed by atoms with E-state index in [0.29, 0.717) is 37.6 Å². The van der Waals surface area contributed by atoms with Gasteiger partial charge in [-0.15, -0.1) is 5.10 Å². The molecule has 182 valence electrons. The van der Waals surface area contributed by atoms with E-state index in [1.807, 2.05) is 26.0 Å². The number of halogens is 1. The zero-order valence-electron chi connectivity index (χ0n) is 20.0. The van der Waals surface area contributed by atoms with E-state index in [1.165, 1.54) is 12.1 Å². The van der Waals surface area contributed by atoms with Crippen LogP contribution in [0.3, 0.4) is 0 Å². The third-order valence-electron chi connectivity index (χ3n) is 6.72. The normalized spacial score (nSPS) is 15.9. The third kappa shape index (κ3) is 5.31. The Morgan fingerprint density at radius 2 is 2.00 bits per heavy atom. The minimum atomic E-state index is -0.278. The van der Waals surface area contributed by atoms with E-state index >= 15 is 0 Å². The monoisotopic (exact) mass is 476 g/mol. The maximum absolute atomic E-state index is 13.3. The molecular weight excluding hydrogens is 447 g/mol. The molecule has 1 fully saturated rings. The van der Waals surface area contributed by atoms with E-state index in [9.17, 15) is 9.18 Å². The molecule has 0 saturated carbocycles. The predicted molar refractivity (Wildman–Crippen MR) is 130 cm³/mol. The number of aryl methyl sites for hydroxylation is 2. The number of fused-ring (bicyclic) bond motifs is 1. The van der Waals surface area contributed by atoms with Gasteiger partial charge in [0.2, 0.25) is 0 Å². The summed E-state index contributed by atoms with van der Waals surface area (Å²) in [7, 11) is 0. The number of rotatable bonds is 8. The van der Waals surface area contributed by atoms with Crippen LogP contribution in [-0.4, -0.2) is 49.3 Å². The molecule has 2 aromatic heterocycles. The zero-order valence-corrected chi connectivity index (χ0v) is 20.0. The lowest BCUT2D eigenvalue weighted by Gasteiger charge is -2.24. The second-order valence-corrected chi connectivity index (χ2v) is 9.28. The van der Waals surface area contributed by atoms with Gasteiger partial charge in [-0.1, -0.05) is 24.3 Å². The van der Waals surface area contributed by atoms with Gasteiger partial charge in [-0.2, -0.15) is 0 Å². The van der Waals surface area contributed by atoms with Crippen molar-refractivity contribution in [2.75, 3.05) is 13.2 Å². The minimum Gasteiger partial charge on any atom is -0.377 e. The van der Waals surface area contributed by atoms with Gasteiger partial charge in [0, 0.05) is 25.3 Å². The van der Waals surface area contributed by atoms with Crippen molar-refractivity contribution < 1.29 is 9.13 Å². The van der Waals surface area contributed by atoms with E-state index in [-0.39, 0.29) is 17.5 Å². The quantitative estimate of drug-likeness (QED) is 0.419. The molecule has 1 N–H and O–H groups in total. The summed E-state index contributed by atoms with van der Waals surface area (Å²) in [6.07, 6.45) is 2.14. The standard InChI is InChI=1S/C26H29FN6O2/c1-17-5-8-20-12-21(26(34)28-25(20)18(17)2)14-32(15-23-4-3-11-35-23)16-24-29-30-31-33(24)13-19-6-9-22(27)10-7-19/h5-10,12,23H,3-4,11,13-16H2,1-2H3,(H,28,34). The molecule has 4 aromatic rings. The summed E-state index contributed by atoms with van der Waals surface area (Å²) in [5, 5.41) is 13.3. The summed E-state index contributed by atoms with van der Waals surface area (Å²) >= 11 is 0. The maximum Gasteiger partial charge on any atom is 0.252 e. The first-order valence-electron chi connectivity index (χ1n) is 11.9. The van der Waals surface area contributed by atoms with E-state index < -0.39 is 0 Å². The van der Waals surface area contributed by atoms with Gasteiger partial charge in [0.1, 0.15) is 5.82 Å². The van der Waals surface area contributed by atoms with Crippen LogP contribution in [0.2, 0.25) is 0 Å². The fraction of sp³-hybridized carbons (Fsp3) is 0.385. The van der Waals surface area contributed by atoms with E-state index in [0.717, 1.165) is 47.0 Å². The van der Waals surface area contributed by atoms with Gasteiger partial charge in [-0.25, -0.2) is 9.07 Å². The highest BCUT2D eigenvalue weighted by molar-refractivity contribution is 5.83. The highest BCUT2D eigenvalue weighted by Crippen LogP contribution is 2.21. The predicted octanol–water partition coefficient (Wildman–Crippen LogP) is 3.50. The molecule has 1 saturated heterocycles. The highest BCUT2D eigenvalue weighted by atomic mass is 19.1. The lowest BCUT2D eigenvalue weighted by molar-refractivity contribution is 0.0663. The summed E-state index contributed by atoms with van der Waals surface area (Å²) in [5.41, 5.74) is 4.62. The topological polar surface area (TPSA) is 88.9 Å². The van der Waals surface area contributed by atoms with Crippen molar-refractivity contribution in [2.45, 2.75) is 52.4 Å². The summed E-state index contributed by atoms with van der Waals surface area (Å²) < 4.78 is 20.9. The number of tetrazole rings is 1. The SMILES string of the molecule is Cc1ccc2cc(CN(Cc3nnnn3Cc3ccc(F)cc3)CC3CCCO3)c(=O)[nH]c2c1C. The molecular formula is C26H29FN6O2. The molecule has 2 aromatic carbocycles. The lowest BCUT2D eigenvalue weighted by atomic mass is 10.0. The van der Waals surface area contributed by atoms with Gasteiger partial charge in [0.25, 0.3) is 5.56 Å². The molecule has 1 atom stereocenters. The molecule has 8 nitrogen and oxygen atoms in total. The number of nitrogens with one attached hydrogen (secondary N) is 1. The fourth-order valence-corrected chi connectivity index (χ4v) is 4.61. The number of benzene rings is 2. The Morgan fingerprint density at radius 3 is 2.77 bits per heavy atom. The Kier molecular flexibility index (Phi) is 6.70. The van der Waals surface area contributed by atoms with Crippen molar-refractivity contribution in [3.05, 3.63) is 86.7 Å². The van der Waals surface area contributed by atoms with Crippen LogP contribution in [0.4, 0.5) is 4.39 Å². The fourth-order valence-electron chi connectivity index (χ4n) is 4.61. The molecule has 0 spiro atoms. The first-order valence-corrected chi connectivity index (χ1v) is 11.9. The number of ether oxygens (including phenoxy) is 1. The summed E-state index contributed by atoms with van der Waals surface area (Å²) in [4.78, 5) is 18.3. The van der Waals surface area contributed by atoms with Gasteiger partial charge in [0.15, 0.2) is 5.82 Å². The molecule has 9 heteroatoms. The molecule has 1 unspecified atom stereocenters. The number of hydrogen-bond acceptors (Lipinski definition) is 6. The molecule has 5 rings (SSSR count). The molecule has 0 radical (unpaired) electrons. The van der Waals surface area contributed by atoms with Gasteiger partial charge in [-0.05, 0) is 77.4 Å². The third-order valence-corrected chi connectivity index (χ3v) is 6.72. The second-order valence-electron chi connectivity index (χ2n) is 9.28.